The Bertz CT molecular complexity index is 271. The van der Waals surface area contributed by atoms with Gasteiger partial charge in [-0.05, 0) is 5.69 Å². The molecule has 0 amide bonds. The predicted molar refractivity (Wildman–Crippen MR) is 51.2 cm³/mol. The zero-order valence-electron chi connectivity index (χ0n) is 7.30. The van der Waals surface area contributed by atoms with Crippen molar-refractivity contribution < 1.29 is 19.5 Å². The van der Waals surface area contributed by atoms with Crippen LogP contribution in [-0.2, 0) is 25.9 Å². The first-order valence-corrected chi connectivity index (χ1v) is 3.71. The molecule has 0 radical (unpaired) electrons. The Kier molecular flexibility index (Phi) is 2.31. The summed E-state index contributed by atoms with van der Waals surface area (Å²) in [5, 5.41) is 0. The van der Waals surface area contributed by atoms with Crippen LogP contribution in [0.3, 0.4) is 0 Å². The van der Waals surface area contributed by atoms with Gasteiger partial charge in [-0.3, -0.25) is 0 Å². The molecular formula is C8H11N4Zn-. The molecule has 0 saturated heterocycles. The molecular weight excluding hydrogens is 218 g/mol. The van der Waals surface area contributed by atoms with Gasteiger partial charge >= 0.3 is 0 Å². The van der Waals surface area contributed by atoms with E-state index in [1.165, 1.54) is 0 Å². The first-order valence-electron chi connectivity index (χ1n) is 3.71. The van der Waals surface area contributed by atoms with E-state index in [2.05, 4.69) is 0 Å². The number of benzene rings is 1. The summed E-state index contributed by atoms with van der Waals surface area (Å²) in [6.07, 6.45) is 2.84. The largest absolute Gasteiger partial charge is 0.447 e. The van der Waals surface area contributed by atoms with Gasteiger partial charge in [-0.15, -0.1) is 5.56 Å². The molecule has 1 aliphatic rings. The van der Waals surface area contributed by atoms with Crippen molar-refractivity contribution in [1.29, 1.82) is 0 Å². The smallest absolute Gasteiger partial charge is 0.0547 e. The molecule has 1 aliphatic carbocycles. The summed E-state index contributed by atoms with van der Waals surface area (Å²) in [7, 11) is 0. The van der Waals surface area contributed by atoms with Gasteiger partial charge in [0.2, 0.25) is 0 Å². The van der Waals surface area contributed by atoms with Crippen LogP contribution < -0.4 is 22.9 Å². The van der Waals surface area contributed by atoms with Gasteiger partial charge < -0.3 is 22.9 Å². The minimum Gasteiger partial charge on any atom is -0.447 e. The molecule has 2 rings (SSSR count). The quantitative estimate of drug-likeness (QED) is 0.288. The fourth-order valence-corrected chi connectivity index (χ4v) is 1.43. The fourth-order valence-electron chi connectivity index (χ4n) is 1.43. The number of fused-ring (bicyclic) bond motifs is 1. The molecule has 4 nitrogen and oxygen atoms in total. The number of anilines is 4. The van der Waals surface area contributed by atoms with Crippen molar-refractivity contribution in [2.45, 2.75) is 6.42 Å². The van der Waals surface area contributed by atoms with E-state index in [0.717, 1.165) is 17.5 Å². The van der Waals surface area contributed by atoms with Crippen molar-refractivity contribution in [2.24, 2.45) is 0 Å². The predicted octanol–water partition coefficient (Wildman–Crippen LogP) is 0.121. The molecule has 1 aromatic rings. The second-order valence-corrected chi connectivity index (χ2v) is 2.96. The van der Waals surface area contributed by atoms with E-state index in [4.69, 9.17) is 22.9 Å². The average molecular weight is 229 g/mol. The SMILES string of the molecule is Nc1c(N)c(N)c2c(c1N)[CH-]C2.[Zn]. The molecule has 1 aromatic carbocycles. The summed E-state index contributed by atoms with van der Waals surface area (Å²) >= 11 is 0. The third-order valence-electron chi connectivity index (χ3n) is 2.32. The van der Waals surface area contributed by atoms with Crippen LogP contribution in [0.5, 0.6) is 0 Å². The van der Waals surface area contributed by atoms with Crippen molar-refractivity contribution in [3.63, 3.8) is 0 Å². The van der Waals surface area contributed by atoms with Crippen LogP contribution in [0.4, 0.5) is 22.7 Å². The maximum atomic E-state index is 5.72. The second-order valence-electron chi connectivity index (χ2n) is 2.96. The van der Waals surface area contributed by atoms with Crippen LogP contribution in [0.25, 0.3) is 0 Å². The van der Waals surface area contributed by atoms with Gasteiger partial charge in [-0.2, -0.15) is 12.0 Å². The topological polar surface area (TPSA) is 104 Å². The molecule has 8 N–H and O–H groups in total. The molecule has 13 heavy (non-hydrogen) atoms. The molecule has 0 saturated carbocycles. The summed E-state index contributed by atoms with van der Waals surface area (Å²) in [6.45, 7) is 0. The van der Waals surface area contributed by atoms with Crippen LogP contribution in [0, 0.1) is 6.42 Å². The van der Waals surface area contributed by atoms with Crippen LogP contribution in [-0.4, -0.2) is 0 Å². The maximum absolute atomic E-state index is 5.72. The Morgan fingerprint density at radius 1 is 0.846 bits per heavy atom. The van der Waals surface area contributed by atoms with Crippen LogP contribution >= 0.6 is 0 Å². The Balaban J connectivity index is 0.000000845. The molecule has 0 heterocycles. The molecule has 0 spiro atoms. The second kappa shape index (κ2) is 3.00. The molecule has 0 fully saturated rings. The molecule has 0 aromatic heterocycles. The van der Waals surface area contributed by atoms with Crippen molar-refractivity contribution in [3.05, 3.63) is 17.5 Å². The van der Waals surface area contributed by atoms with E-state index in [0.29, 0.717) is 22.7 Å². The Morgan fingerprint density at radius 3 is 1.85 bits per heavy atom. The van der Waals surface area contributed by atoms with Crippen LogP contribution in [0.15, 0.2) is 0 Å². The standard InChI is InChI=1S/C8H11N4.Zn/c9-5-3-1-2-4(3)6(10)8(12)7(5)11;/h1H,2,9-12H2;/q-1;. The first kappa shape index (κ1) is 10.00. The van der Waals surface area contributed by atoms with Gasteiger partial charge in [0.05, 0.1) is 5.69 Å². The van der Waals surface area contributed by atoms with Crippen molar-refractivity contribution in [2.75, 3.05) is 22.9 Å². The van der Waals surface area contributed by atoms with E-state index in [9.17, 15) is 0 Å². The van der Waals surface area contributed by atoms with Crippen LogP contribution in [0.1, 0.15) is 11.1 Å². The van der Waals surface area contributed by atoms with Crippen molar-refractivity contribution in [1.82, 2.24) is 0 Å². The monoisotopic (exact) mass is 227 g/mol. The van der Waals surface area contributed by atoms with Gasteiger partial charge in [-0.25, -0.2) is 0 Å². The van der Waals surface area contributed by atoms with Gasteiger partial charge in [-0.1, -0.05) is 6.42 Å². The van der Waals surface area contributed by atoms with Gasteiger partial charge in [0.15, 0.2) is 0 Å². The number of hydrogen-bond donors (Lipinski definition) is 4. The molecule has 0 bridgehead atoms. The summed E-state index contributed by atoms with van der Waals surface area (Å²) in [5.41, 5.74) is 26.7. The molecule has 0 atom stereocenters. The Labute approximate surface area is 89.4 Å². The fraction of sp³-hybridized carbons (Fsp3) is 0.125. The molecule has 66 valence electrons. The normalized spacial score (nSPS) is 12.0. The van der Waals surface area contributed by atoms with E-state index in [-0.39, 0.29) is 19.5 Å². The first-order chi connectivity index (χ1) is 5.63. The average Bonchev–Trinajstić information content (AvgIpc) is 1.97. The Morgan fingerprint density at radius 2 is 1.38 bits per heavy atom. The summed E-state index contributed by atoms with van der Waals surface area (Å²) < 4.78 is 0. The molecule has 0 aliphatic heterocycles. The summed E-state index contributed by atoms with van der Waals surface area (Å²) in [5.74, 6) is 0. The zero-order chi connectivity index (χ0) is 8.88. The van der Waals surface area contributed by atoms with E-state index < -0.39 is 0 Å². The zero-order valence-corrected chi connectivity index (χ0v) is 10.3. The number of rotatable bonds is 0. The van der Waals surface area contributed by atoms with Crippen molar-refractivity contribution >= 4 is 22.7 Å². The third-order valence-corrected chi connectivity index (χ3v) is 2.32. The number of nitrogen functional groups attached to an aromatic ring is 4. The summed E-state index contributed by atoms with van der Waals surface area (Å²) in [6, 6.07) is 0. The van der Waals surface area contributed by atoms with Crippen molar-refractivity contribution in [3.8, 4) is 0 Å². The van der Waals surface area contributed by atoms with Gasteiger partial charge in [0.1, 0.15) is 0 Å². The van der Waals surface area contributed by atoms with E-state index in [1.807, 2.05) is 6.42 Å². The summed E-state index contributed by atoms with van der Waals surface area (Å²) in [4.78, 5) is 0. The minimum atomic E-state index is 0. The Hall–Kier alpha value is -1.09. The van der Waals surface area contributed by atoms with E-state index >= 15 is 0 Å². The number of hydrogen-bond acceptors (Lipinski definition) is 4. The number of nitrogens with two attached hydrogens (primary N) is 4. The minimum absolute atomic E-state index is 0. The maximum Gasteiger partial charge on any atom is 0.0547 e. The van der Waals surface area contributed by atoms with E-state index in [1.54, 1.807) is 0 Å². The van der Waals surface area contributed by atoms with Gasteiger partial charge in [0.25, 0.3) is 0 Å². The molecule has 5 heteroatoms. The third kappa shape index (κ3) is 1.11. The molecule has 0 unspecified atom stereocenters. The van der Waals surface area contributed by atoms with Gasteiger partial charge in [0, 0.05) is 30.9 Å². The van der Waals surface area contributed by atoms with Crippen LogP contribution in [0.2, 0.25) is 0 Å².